The molecular weight excluding hydrogens is 214 g/mol. The van der Waals surface area contributed by atoms with Crippen molar-refractivity contribution in [3.63, 3.8) is 0 Å². The molecule has 0 aromatic carbocycles. The third kappa shape index (κ3) is 8.49. The van der Waals surface area contributed by atoms with E-state index in [1.165, 1.54) is 0 Å². The van der Waals surface area contributed by atoms with E-state index in [1.54, 1.807) is 6.92 Å². The largest absolute Gasteiger partial charge is 0.381 e. The zero-order chi connectivity index (χ0) is 10.3. The van der Waals surface area contributed by atoms with Crippen molar-refractivity contribution in [1.82, 2.24) is 4.72 Å². The van der Waals surface area contributed by atoms with E-state index in [0.29, 0.717) is 6.61 Å². The zero-order valence-corrected chi connectivity index (χ0v) is 9.49. The number of hydrogen-bond acceptors (Lipinski definition) is 3. The zero-order valence-electron chi connectivity index (χ0n) is 7.92. The summed E-state index contributed by atoms with van der Waals surface area (Å²) in [6, 6.07) is 0. The standard InChI is InChI=1S/C7H16ClNO3S/c1-3-12-4-5-13(10,11)9-6-7(2)8/h7,9H,3-6H2,1-2H3. The Morgan fingerprint density at radius 2 is 2.15 bits per heavy atom. The van der Waals surface area contributed by atoms with Crippen molar-refractivity contribution < 1.29 is 13.2 Å². The highest BCUT2D eigenvalue weighted by Gasteiger charge is 2.10. The summed E-state index contributed by atoms with van der Waals surface area (Å²) in [4.78, 5) is 0. The molecule has 0 saturated heterocycles. The van der Waals surface area contributed by atoms with Crippen molar-refractivity contribution in [2.45, 2.75) is 19.2 Å². The van der Waals surface area contributed by atoms with E-state index in [-0.39, 0.29) is 24.3 Å². The third-order valence-electron chi connectivity index (χ3n) is 1.29. The summed E-state index contributed by atoms with van der Waals surface area (Å²) in [7, 11) is -3.21. The molecule has 0 aliphatic rings. The van der Waals surface area contributed by atoms with Crippen molar-refractivity contribution in [2.24, 2.45) is 0 Å². The molecule has 13 heavy (non-hydrogen) atoms. The summed E-state index contributed by atoms with van der Waals surface area (Å²) in [6.07, 6.45) is 0. The van der Waals surface area contributed by atoms with E-state index >= 15 is 0 Å². The van der Waals surface area contributed by atoms with Crippen molar-refractivity contribution in [2.75, 3.05) is 25.5 Å². The third-order valence-corrected chi connectivity index (χ3v) is 2.75. The minimum absolute atomic E-state index is 0.00948. The molecule has 6 heteroatoms. The van der Waals surface area contributed by atoms with Crippen molar-refractivity contribution in [3.05, 3.63) is 0 Å². The van der Waals surface area contributed by atoms with Gasteiger partial charge in [0.05, 0.1) is 12.4 Å². The minimum atomic E-state index is -3.21. The summed E-state index contributed by atoms with van der Waals surface area (Å²) < 4.78 is 29.6. The van der Waals surface area contributed by atoms with Gasteiger partial charge in [0.2, 0.25) is 10.0 Å². The van der Waals surface area contributed by atoms with Crippen LogP contribution >= 0.6 is 11.6 Å². The van der Waals surface area contributed by atoms with Crippen LogP contribution in [0.2, 0.25) is 0 Å². The molecule has 0 bridgehead atoms. The lowest BCUT2D eigenvalue weighted by Crippen LogP contribution is -2.32. The number of halogens is 1. The second-order valence-corrected chi connectivity index (χ2v) is 5.32. The highest BCUT2D eigenvalue weighted by molar-refractivity contribution is 7.89. The fraction of sp³-hybridized carbons (Fsp3) is 1.00. The molecule has 1 atom stereocenters. The average Bonchev–Trinajstić information content (AvgIpc) is 2.02. The lowest BCUT2D eigenvalue weighted by Gasteiger charge is -2.07. The second kappa shape index (κ2) is 6.59. The summed E-state index contributed by atoms with van der Waals surface area (Å²) in [6.45, 7) is 4.56. The van der Waals surface area contributed by atoms with Gasteiger partial charge in [0.25, 0.3) is 0 Å². The average molecular weight is 230 g/mol. The van der Waals surface area contributed by atoms with Crippen LogP contribution < -0.4 is 4.72 Å². The lowest BCUT2D eigenvalue weighted by molar-refractivity contribution is 0.163. The van der Waals surface area contributed by atoms with Crippen LogP contribution in [0.15, 0.2) is 0 Å². The first-order chi connectivity index (χ1) is 5.98. The van der Waals surface area contributed by atoms with E-state index in [1.807, 2.05) is 6.92 Å². The van der Waals surface area contributed by atoms with Crippen LogP contribution in [0.5, 0.6) is 0 Å². The molecule has 0 fully saturated rings. The van der Waals surface area contributed by atoms with Gasteiger partial charge in [-0.25, -0.2) is 13.1 Å². The Hall–Kier alpha value is 0.160. The van der Waals surface area contributed by atoms with Crippen LogP contribution in [0.25, 0.3) is 0 Å². The van der Waals surface area contributed by atoms with Gasteiger partial charge in [0.1, 0.15) is 0 Å². The smallest absolute Gasteiger partial charge is 0.213 e. The van der Waals surface area contributed by atoms with Gasteiger partial charge in [0.15, 0.2) is 0 Å². The Morgan fingerprint density at radius 1 is 1.54 bits per heavy atom. The Morgan fingerprint density at radius 3 is 2.62 bits per heavy atom. The Kier molecular flexibility index (Phi) is 6.67. The normalized spacial score (nSPS) is 14.4. The molecule has 80 valence electrons. The van der Waals surface area contributed by atoms with E-state index in [9.17, 15) is 8.42 Å². The van der Waals surface area contributed by atoms with Crippen molar-refractivity contribution in [1.29, 1.82) is 0 Å². The molecule has 0 heterocycles. The van der Waals surface area contributed by atoms with Crippen LogP contribution in [-0.4, -0.2) is 39.3 Å². The maximum atomic E-state index is 11.2. The highest BCUT2D eigenvalue weighted by Crippen LogP contribution is 1.92. The molecule has 0 aromatic heterocycles. The van der Waals surface area contributed by atoms with Gasteiger partial charge in [0, 0.05) is 18.5 Å². The topological polar surface area (TPSA) is 55.4 Å². The summed E-state index contributed by atoms with van der Waals surface area (Å²) in [5.41, 5.74) is 0. The second-order valence-electron chi connectivity index (χ2n) is 2.65. The Balaban J connectivity index is 3.68. The van der Waals surface area contributed by atoms with E-state index in [2.05, 4.69) is 4.72 Å². The van der Waals surface area contributed by atoms with E-state index in [0.717, 1.165) is 0 Å². The van der Waals surface area contributed by atoms with Gasteiger partial charge in [-0.05, 0) is 13.8 Å². The van der Waals surface area contributed by atoms with Gasteiger partial charge in [-0.15, -0.1) is 11.6 Å². The molecule has 0 amide bonds. The van der Waals surface area contributed by atoms with Crippen molar-refractivity contribution in [3.8, 4) is 0 Å². The molecule has 1 unspecified atom stereocenters. The predicted octanol–water partition coefficient (Wildman–Crippen LogP) is 0.570. The highest BCUT2D eigenvalue weighted by atomic mass is 35.5. The molecule has 4 nitrogen and oxygen atoms in total. The molecule has 0 rings (SSSR count). The van der Waals surface area contributed by atoms with Crippen LogP contribution in [0.3, 0.4) is 0 Å². The molecule has 0 aliphatic heterocycles. The molecule has 1 N–H and O–H groups in total. The lowest BCUT2D eigenvalue weighted by atomic mass is 10.5. The van der Waals surface area contributed by atoms with E-state index in [4.69, 9.17) is 16.3 Å². The van der Waals surface area contributed by atoms with Gasteiger partial charge in [-0.2, -0.15) is 0 Å². The van der Waals surface area contributed by atoms with Crippen LogP contribution in [0, 0.1) is 0 Å². The van der Waals surface area contributed by atoms with Crippen molar-refractivity contribution >= 4 is 21.6 Å². The Labute approximate surface area is 84.7 Å². The minimum Gasteiger partial charge on any atom is -0.381 e. The maximum Gasteiger partial charge on any atom is 0.213 e. The van der Waals surface area contributed by atoms with Gasteiger partial charge < -0.3 is 4.74 Å². The number of nitrogens with one attached hydrogen (secondary N) is 1. The summed E-state index contributed by atoms with van der Waals surface area (Å²) in [5.74, 6) is -0.00948. The quantitative estimate of drug-likeness (QED) is 0.513. The maximum absolute atomic E-state index is 11.2. The number of ether oxygens (including phenoxy) is 1. The SMILES string of the molecule is CCOCCS(=O)(=O)NCC(C)Cl. The number of rotatable bonds is 7. The number of sulfonamides is 1. The number of alkyl halides is 1. The Bertz CT molecular complexity index is 216. The van der Waals surface area contributed by atoms with E-state index < -0.39 is 10.0 Å². The molecule has 0 aliphatic carbocycles. The monoisotopic (exact) mass is 229 g/mol. The molecular formula is C7H16ClNO3S. The van der Waals surface area contributed by atoms with Gasteiger partial charge in [-0.1, -0.05) is 0 Å². The fourth-order valence-electron chi connectivity index (χ4n) is 0.627. The summed E-state index contributed by atoms with van der Waals surface area (Å²) >= 11 is 5.59. The first-order valence-electron chi connectivity index (χ1n) is 4.17. The first-order valence-corrected chi connectivity index (χ1v) is 6.26. The first kappa shape index (κ1) is 13.2. The summed E-state index contributed by atoms with van der Waals surface area (Å²) in [5, 5.41) is -0.193. The van der Waals surface area contributed by atoms with Crippen LogP contribution in [-0.2, 0) is 14.8 Å². The molecule has 0 radical (unpaired) electrons. The van der Waals surface area contributed by atoms with Crippen LogP contribution in [0.1, 0.15) is 13.8 Å². The van der Waals surface area contributed by atoms with Gasteiger partial charge in [-0.3, -0.25) is 0 Å². The molecule has 0 aromatic rings. The predicted molar refractivity (Wildman–Crippen MR) is 53.6 cm³/mol. The molecule has 0 saturated carbocycles. The van der Waals surface area contributed by atoms with Crippen LogP contribution in [0.4, 0.5) is 0 Å². The fourth-order valence-corrected chi connectivity index (χ4v) is 1.78. The van der Waals surface area contributed by atoms with Gasteiger partial charge >= 0.3 is 0 Å². The molecule has 0 spiro atoms. The number of hydrogen-bond donors (Lipinski definition) is 1.